The predicted molar refractivity (Wildman–Crippen MR) is 67.1 cm³/mol. The number of hydrogen-bond donors (Lipinski definition) is 2. The molecule has 0 bridgehead atoms. The highest BCUT2D eigenvalue weighted by atomic mass is 16.2. The molecule has 0 aromatic rings. The van der Waals surface area contributed by atoms with Gasteiger partial charge in [-0.05, 0) is 26.2 Å². The Morgan fingerprint density at radius 2 is 2.00 bits per heavy atom. The molecular weight excluding hydrogens is 216 g/mol. The van der Waals surface area contributed by atoms with E-state index < -0.39 is 0 Å². The van der Waals surface area contributed by atoms with Crippen LogP contribution in [0.15, 0.2) is 11.6 Å². The Bertz CT molecular complexity index is 323. The second-order valence-corrected chi connectivity index (χ2v) is 4.67. The van der Waals surface area contributed by atoms with Crippen LogP contribution >= 0.6 is 0 Å². The van der Waals surface area contributed by atoms with Crippen LogP contribution in [0.2, 0.25) is 0 Å². The molecule has 0 aromatic carbocycles. The van der Waals surface area contributed by atoms with E-state index in [0.29, 0.717) is 5.57 Å². The largest absolute Gasteiger partial charge is 0.369 e. The van der Waals surface area contributed by atoms with E-state index in [-0.39, 0.29) is 23.8 Å². The quantitative estimate of drug-likeness (QED) is 0.728. The second-order valence-electron chi connectivity index (χ2n) is 4.67. The molecule has 1 fully saturated rings. The average molecular weight is 238 g/mol. The van der Waals surface area contributed by atoms with Crippen molar-refractivity contribution in [3.05, 3.63) is 11.6 Å². The summed E-state index contributed by atoms with van der Waals surface area (Å²) in [5.74, 6) is -0.584. The van der Waals surface area contributed by atoms with Gasteiger partial charge in [-0.3, -0.25) is 9.59 Å². The molecule has 3 N–H and O–H groups in total. The summed E-state index contributed by atoms with van der Waals surface area (Å²) < 4.78 is 0. The van der Waals surface area contributed by atoms with E-state index >= 15 is 0 Å². The number of nitrogens with two attached hydrogens (primary N) is 1. The lowest BCUT2D eigenvalue weighted by Gasteiger charge is -2.30. The van der Waals surface area contributed by atoms with Gasteiger partial charge in [0.05, 0.1) is 5.92 Å². The van der Waals surface area contributed by atoms with Gasteiger partial charge in [0, 0.05) is 11.6 Å². The molecule has 4 nitrogen and oxygen atoms in total. The van der Waals surface area contributed by atoms with E-state index in [0.717, 1.165) is 32.1 Å². The Morgan fingerprint density at radius 3 is 2.59 bits per heavy atom. The van der Waals surface area contributed by atoms with Crippen molar-refractivity contribution in [2.75, 3.05) is 0 Å². The van der Waals surface area contributed by atoms with Crippen LogP contribution in [0.5, 0.6) is 0 Å². The second kappa shape index (κ2) is 6.42. The topological polar surface area (TPSA) is 72.2 Å². The third-order valence-electron chi connectivity index (χ3n) is 3.32. The number of primary amides is 1. The Morgan fingerprint density at radius 1 is 1.35 bits per heavy atom. The first-order valence-corrected chi connectivity index (χ1v) is 6.33. The maximum absolute atomic E-state index is 11.8. The normalized spacial score (nSPS) is 25.4. The molecule has 0 saturated heterocycles. The molecule has 1 aliphatic rings. The molecule has 2 unspecified atom stereocenters. The molecule has 0 heterocycles. The minimum atomic E-state index is -0.299. The first kappa shape index (κ1) is 13.7. The lowest BCUT2D eigenvalue weighted by molar-refractivity contribution is -0.124. The van der Waals surface area contributed by atoms with Crippen molar-refractivity contribution in [3.8, 4) is 0 Å². The third kappa shape index (κ3) is 3.88. The zero-order chi connectivity index (χ0) is 12.8. The molecule has 17 heavy (non-hydrogen) atoms. The van der Waals surface area contributed by atoms with Crippen LogP contribution in [-0.4, -0.2) is 17.9 Å². The maximum atomic E-state index is 11.8. The van der Waals surface area contributed by atoms with Crippen molar-refractivity contribution in [1.29, 1.82) is 0 Å². The Kier molecular flexibility index (Phi) is 5.19. The van der Waals surface area contributed by atoms with Gasteiger partial charge in [0.25, 0.3) is 0 Å². The molecule has 1 saturated carbocycles. The smallest absolute Gasteiger partial charge is 0.246 e. The van der Waals surface area contributed by atoms with Crippen molar-refractivity contribution >= 4 is 11.8 Å². The first-order valence-electron chi connectivity index (χ1n) is 6.33. The van der Waals surface area contributed by atoms with Gasteiger partial charge < -0.3 is 11.1 Å². The fourth-order valence-corrected chi connectivity index (χ4v) is 2.33. The van der Waals surface area contributed by atoms with Crippen LogP contribution in [0.1, 0.15) is 46.0 Å². The minimum Gasteiger partial charge on any atom is -0.369 e. The van der Waals surface area contributed by atoms with Gasteiger partial charge in [-0.1, -0.05) is 25.8 Å². The van der Waals surface area contributed by atoms with Gasteiger partial charge in [0.2, 0.25) is 11.8 Å². The lowest BCUT2D eigenvalue weighted by Crippen LogP contribution is -2.47. The number of allylic oxidation sites excluding steroid dienone is 1. The number of carbonyl (C=O) groups excluding carboxylic acids is 2. The van der Waals surface area contributed by atoms with Crippen LogP contribution in [0.3, 0.4) is 0 Å². The van der Waals surface area contributed by atoms with Gasteiger partial charge in [-0.15, -0.1) is 0 Å². The fraction of sp³-hybridized carbons (Fsp3) is 0.692. The van der Waals surface area contributed by atoms with E-state index in [1.165, 1.54) is 0 Å². The number of hydrogen-bond acceptors (Lipinski definition) is 2. The van der Waals surface area contributed by atoms with Gasteiger partial charge >= 0.3 is 0 Å². The molecule has 96 valence electrons. The lowest BCUT2D eigenvalue weighted by atomic mass is 9.84. The van der Waals surface area contributed by atoms with E-state index in [1.54, 1.807) is 6.92 Å². The highest BCUT2D eigenvalue weighted by Gasteiger charge is 2.30. The van der Waals surface area contributed by atoms with Crippen LogP contribution < -0.4 is 11.1 Å². The molecule has 0 spiro atoms. The molecule has 1 rings (SSSR count). The van der Waals surface area contributed by atoms with E-state index in [1.807, 2.05) is 13.0 Å². The average Bonchev–Trinajstić information content (AvgIpc) is 2.29. The Hall–Kier alpha value is -1.32. The molecule has 2 atom stereocenters. The first-order chi connectivity index (χ1) is 8.06. The van der Waals surface area contributed by atoms with Gasteiger partial charge in [-0.25, -0.2) is 0 Å². The number of nitrogens with one attached hydrogen (secondary N) is 1. The van der Waals surface area contributed by atoms with Gasteiger partial charge in [0.15, 0.2) is 0 Å². The summed E-state index contributed by atoms with van der Waals surface area (Å²) in [6.45, 7) is 3.78. The third-order valence-corrected chi connectivity index (χ3v) is 3.32. The van der Waals surface area contributed by atoms with Crippen LogP contribution in [0.25, 0.3) is 0 Å². The Labute approximate surface area is 103 Å². The highest BCUT2D eigenvalue weighted by molar-refractivity contribution is 5.93. The van der Waals surface area contributed by atoms with Crippen LogP contribution in [-0.2, 0) is 9.59 Å². The molecule has 4 heteroatoms. The zero-order valence-electron chi connectivity index (χ0n) is 10.7. The van der Waals surface area contributed by atoms with Crippen molar-refractivity contribution < 1.29 is 9.59 Å². The van der Waals surface area contributed by atoms with E-state index in [2.05, 4.69) is 5.32 Å². The summed E-state index contributed by atoms with van der Waals surface area (Å²) in [6.07, 6.45) is 6.42. The van der Waals surface area contributed by atoms with Gasteiger partial charge in [-0.2, -0.15) is 0 Å². The molecule has 0 aromatic heterocycles. The number of amides is 2. The fourth-order valence-electron chi connectivity index (χ4n) is 2.33. The summed E-state index contributed by atoms with van der Waals surface area (Å²) in [6, 6.07) is -0.0889. The summed E-state index contributed by atoms with van der Waals surface area (Å²) in [4.78, 5) is 23.1. The van der Waals surface area contributed by atoms with Crippen LogP contribution in [0.4, 0.5) is 0 Å². The summed E-state index contributed by atoms with van der Waals surface area (Å²) in [5, 5.41) is 2.93. The summed E-state index contributed by atoms with van der Waals surface area (Å²) in [5.41, 5.74) is 6.07. The predicted octanol–water partition coefficient (Wildman–Crippen LogP) is 1.50. The highest BCUT2D eigenvalue weighted by Crippen LogP contribution is 2.24. The number of carbonyl (C=O) groups is 2. The van der Waals surface area contributed by atoms with Crippen molar-refractivity contribution in [3.63, 3.8) is 0 Å². The van der Waals surface area contributed by atoms with Gasteiger partial charge in [0.1, 0.15) is 0 Å². The van der Waals surface area contributed by atoms with Crippen molar-refractivity contribution in [2.45, 2.75) is 52.0 Å². The molecule has 0 radical (unpaired) electrons. The van der Waals surface area contributed by atoms with E-state index in [4.69, 9.17) is 5.73 Å². The number of rotatable bonds is 4. The molecule has 1 aliphatic carbocycles. The summed E-state index contributed by atoms with van der Waals surface area (Å²) in [7, 11) is 0. The standard InChI is InChI=1S/C13H22N2O2/c1-3-6-9(2)13(17)15-11-8-5-4-7-10(11)12(14)16/h6,10-11H,3-5,7-8H2,1-2H3,(H2,14,16)(H,15,17). The molecule has 2 amide bonds. The maximum Gasteiger partial charge on any atom is 0.246 e. The van der Waals surface area contributed by atoms with E-state index in [9.17, 15) is 9.59 Å². The van der Waals surface area contributed by atoms with Crippen molar-refractivity contribution in [1.82, 2.24) is 5.32 Å². The minimum absolute atomic E-state index is 0.0787. The molecular formula is C13H22N2O2. The summed E-state index contributed by atoms with van der Waals surface area (Å²) >= 11 is 0. The monoisotopic (exact) mass is 238 g/mol. The molecule has 0 aliphatic heterocycles. The zero-order valence-corrected chi connectivity index (χ0v) is 10.7. The van der Waals surface area contributed by atoms with Crippen LogP contribution in [0, 0.1) is 5.92 Å². The SMILES string of the molecule is CCC=C(C)C(=O)NC1CCCCC1C(N)=O. The van der Waals surface area contributed by atoms with Crippen molar-refractivity contribution in [2.24, 2.45) is 11.7 Å². The Balaban J connectivity index is 2.62.